The average molecular weight is 228 g/mol. The second-order valence-corrected chi connectivity index (χ2v) is 5.50. The second-order valence-electron chi connectivity index (χ2n) is 5.50. The number of ether oxygens (including phenoxy) is 1. The van der Waals surface area contributed by atoms with Crippen molar-refractivity contribution in [3.05, 3.63) is 0 Å². The lowest BCUT2D eigenvalue weighted by molar-refractivity contribution is 0.00425. The molecular weight excluding hydrogens is 200 g/mol. The lowest BCUT2D eigenvalue weighted by Gasteiger charge is -2.47. The molecule has 1 N–H and O–H groups in total. The Kier molecular flexibility index (Phi) is 5.22. The maximum absolute atomic E-state index is 5.66. The van der Waals surface area contributed by atoms with Gasteiger partial charge in [0.15, 0.2) is 0 Å². The highest BCUT2D eigenvalue weighted by Crippen LogP contribution is 2.22. The van der Waals surface area contributed by atoms with Crippen molar-refractivity contribution in [1.82, 2.24) is 10.2 Å². The van der Waals surface area contributed by atoms with Gasteiger partial charge in [-0.25, -0.2) is 0 Å². The summed E-state index contributed by atoms with van der Waals surface area (Å²) in [5.41, 5.74) is 0.298. The fraction of sp³-hybridized carbons (Fsp3) is 1.00. The van der Waals surface area contributed by atoms with E-state index >= 15 is 0 Å². The Hall–Kier alpha value is -0.120. The molecule has 0 aliphatic carbocycles. The van der Waals surface area contributed by atoms with Crippen LogP contribution in [0, 0.1) is 0 Å². The fourth-order valence-electron chi connectivity index (χ4n) is 2.23. The maximum Gasteiger partial charge on any atom is 0.0597 e. The minimum atomic E-state index is 0.298. The number of nitrogens with one attached hydrogen (secondary N) is 1. The summed E-state index contributed by atoms with van der Waals surface area (Å²) >= 11 is 0. The smallest absolute Gasteiger partial charge is 0.0597 e. The zero-order valence-corrected chi connectivity index (χ0v) is 11.5. The standard InChI is InChI=1S/C13H28N2O/c1-6-13(5)10-14-12(4)9-15(13)7-8-16-11(2)3/h11-12,14H,6-10H2,1-5H3. The van der Waals surface area contributed by atoms with E-state index in [1.807, 2.05) is 0 Å². The van der Waals surface area contributed by atoms with Crippen LogP contribution in [0.4, 0.5) is 0 Å². The second kappa shape index (κ2) is 5.99. The summed E-state index contributed by atoms with van der Waals surface area (Å²) in [5.74, 6) is 0. The molecule has 1 heterocycles. The molecule has 2 unspecified atom stereocenters. The van der Waals surface area contributed by atoms with Crippen LogP contribution in [0.3, 0.4) is 0 Å². The van der Waals surface area contributed by atoms with Crippen molar-refractivity contribution in [1.29, 1.82) is 0 Å². The van der Waals surface area contributed by atoms with Crippen LogP contribution >= 0.6 is 0 Å². The van der Waals surface area contributed by atoms with Crippen molar-refractivity contribution in [3.8, 4) is 0 Å². The predicted octanol–water partition coefficient (Wildman–Crippen LogP) is 1.87. The molecule has 1 saturated heterocycles. The highest BCUT2D eigenvalue weighted by atomic mass is 16.5. The summed E-state index contributed by atoms with van der Waals surface area (Å²) in [6, 6.07) is 0.596. The number of hydrogen-bond acceptors (Lipinski definition) is 3. The molecule has 0 aromatic rings. The van der Waals surface area contributed by atoms with Crippen LogP contribution in [0.1, 0.15) is 41.0 Å². The highest BCUT2D eigenvalue weighted by Gasteiger charge is 2.34. The number of piperazine rings is 1. The summed E-state index contributed by atoms with van der Waals surface area (Å²) in [6.07, 6.45) is 1.53. The van der Waals surface area contributed by atoms with E-state index in [4.69, 9.17) is 4.74 Å². The fourth-order valence-corrected chi connectivity index (χ4v) is 2.23. The van der Waals surface area contributed by atoms with Gasteiger partial charge >= 0.3 is 0 Å². The van der Waals surface area contributed by atoms with E-state index in [2.05, 4.69) is 44.8 Å². The molecule has 1 rings (SSSR count). The molecule has 0 aromatic heterocycles. The number of rotatable bonds is 5. The van der Waals surface area contributed by atoms with Crippen LogP contribution in [0.5, 0.6) is 0 Å². The van der Waals surface area contributed by atoms with Gasteiger partial charge in [0.1, 0.15) is 0 Å². The minimum absolute atomic E-state index is 0.298. The van der Waals surface area contributed by atoms with E-state index < -0.39 is 0 Å². The normalized spacial score (nSPS) is 32.2. The summed E-state index contributed by atoms with van der Waals surface area (Å²) < 4.78 is 5.66. The Bertz CT molecular complexity index is 208. The molecule has 1 fully saturated rings. The van der Waals surface area contributed by atoms with Crippen molar-refractivity contribution in [2.45, 2.75) is 58.7 Å². The predicted molar refractivity (Wildman–Crippen MR) is 68.8 cm³/mol. The highest BCUT2D eigenvalue weighted by molar-refractivity contribution is 4.93. The molecule has 0 radical (unpaired) electrons. The van der Waals surface area contributed by atoms with Crippen LogP contribution in [-0.4, -0.2) is 48.8 Å². The molecule has 0 bridgehead atoms. The van der Waals surface area contributed by atoms with Gasteiger partial charge in [0, 0.05) is 31.2 Å². The van der Waals surface area contributed by atoms with Crippen LogP contribution in [0.15, 0.2) is 0 Å². The van der Waals surface area contributed by atoms with Crippen LogP contribution in [0.25, 0.3) is 0 Å². The van der Waals surface area contributed by atoms with Gasteiger partial charge in [0.25, 0.3) is 0 Å². The molecule has 1 aliphatic rings. The third kappa shape index (κ3) is 3.72. The molecule has 3 heteroatoms. The third-order valence-corrected chi connectivity index (χ3v) is 3.66. The lowest BCUT2D eigenvalue weighted by atomic mass is 9.92. The Balaban J connectivity index is 2.45. The monoisotopic (exact) mass is 228 g/mol. The molecule has 1 aliphatic heterocycles. The summed E-state index contributed by atoms with van der Waals surface area (Å²) in [4.78, 5) is 2.58. The minimum Gasteiger partial charge on any atom is -0.377 e. The van der Waals surface area contributed by atoms with E-state index in [0.717, 1.165) is 26.2 Å². The zero-order chi connectivity index (χ0) is 12.2. The largest absolute Gasteiger partial charge is 0.377 e. The molecule has 0 amide bonds. The van der Waals surface area contributed by atoms with Crippen molar-refractivity contribution in [3.63, 3.8) is 0 Å². The van der Waals surface area contributed by atoms with Gasteiger partial charge in [-0.15, -0.1) is 0 Å². The Labute approximate surface area is 101 Å². The van der Waals surface area contributed by atoms with Gasteiger partial charge in [0.05, 0.1) is 12.7 Å². The average Bonchev–Trinajstić information content (AvgIpc) is 2.23. The molecule has 0 saturated carbocycles. The molecule has 96 valence electrons. The van der Waals surface area contributed by atoms with Gasteiger partial charge < -0.3 is 10.1 Å². The molecule has 2 atom stereocenters. The third-order valence-electron chi connectivity index (χ3n) is 3.66. The lowest BCUT2D eigenvalue weighted by Crippen LogP contribution is -2.62. The quantitative estimate of drug-likeness (QED) is 0.777. The topological polar surface area (TPSA) is 24.5 Å². The molecule has 16 heavy (non-hydrogen) atoms. The van der Waals surface area contributed by atoms with E-state index in [0.29, 0.717) is 17.7 Å². The van der Waals surface area contributed by atoms with E-state index in [1.54, 1.807) is 0 Å². The van der Waals surface area contributed by atoms with Crippen molar-refractivity contribution < 1.29 is 4.74 Å². The molecule has 3 nitrogen and oxygen atoms in total. The number of hydrogen-bond donors (Lipinski definition) is 1. The molecule has 0 spiro atoms. The van der Waals surface area contributed by atoms with Gasteiger partial charge in [-0.1, -0.05) is 6.92 Å². The van der Waals surface area contributed by atoms with E-state index in [-0.39, 0.29) is 0 Å². The van der Waals surface area contributed by atoms with Crippen molar-refractivity contribution in [2.75, 3.05) is 26.2 Å². The van der Waals surface area contributed by atoms with Crippen LogP contribution in [0.2, 0.25) is 0 Å². The Morgan fingerprint density at radius 3 is 2.75 bits per heavy atom. The van der Waals surface area contributed by atoms with Crippen molar-refractivity contribution in [2.24, 2.45) is 0 Å². The Morgan fingerprint density at radius 1 is 1.50 bits per heavy atom. The SMILES string of the molecule is CCC1(C)CNC(C)CN1CCOC(C)C. The van der Waals surface area contributed by atoms with Gasteiger partial charge in [0.2, 0.25) is 0 Å². The first-order chi connectivity index (χ1) is 7.48. The van der Waals surface area contributed by atoms with Crippen molar-refractivity contribution >= 4 is 0 Å². The van der Waals surface area contributed by atoms with Gasteiger partial charge in [-0.05, 0) is 34.1 Å². The first-order valence-corrected chi connectivity index (χ1v) is 6.58. The maximum atomic E-state index is 5.66. The summed E-state index contributed by atoms with van der Waals surface area (Å²) in [6.45, 7) is 15.2. The molecular formula is C13H28N2O. The first kappa shape index (κ1) is 13.9. The van der Waals surface area contributed by atoms with Gasteiger partial charge in [-0.2, -0.15) is 0 Å². The molecule has 0 aromatic carbocycles. The summed E-state index contributed by atoms with van der Waals surface area (Å²) in [5, 5.41) is 3.57. The van der Waals surface area contributed by atoms with Gasteiger partial charge in [-0.3, -0.25) is 4.90 Å². The first-order valence-electron chi connectivity index (χ1n) is 6.58. The summed E-state index contributed by atoms with van der Waals surface area (Å²) in [7, 11) is 0. The Morgan fingerprint density at radius 2 is 2.19 bits per heavy atom. The van der Waals surface area contributed by atoms with E-state index in [1.165, 1.54) is 6.42 Å². The number of nitrogens with zero attached hydrogens (tertiary/aromatic N) is 1. The van der Waals surface area contributed by atoms with E-state index in [9.17, 15) is 0 Å². The van der Waals surface area contributed by atoms with Crippen LogP contribution < -0.4 is 5.32 Å². The van der Waals surface area contributed by atoms with Crippen LogP contribution in [-0.2, 0) is 4.74 Å². The zero-order valence-electron chi connectivity index (χ0n) is 11.5.